The van der Waals surface area contributed by atoms with E-state index in [1.54, 1.807) is 6.07 Å². The molecule has 1 aromatic rings. The fraction of sp³-hybridized carbons (Fsp3) is 0.300. The molecule has 0 atom stereocenters. The zero-order chi connectivity index (χ0) is 10.6. The maximum atomic E-state index is 12.9. The third-order valence-electron chi connectivity index (χ3n) is 1.61. The molecule has 76 valence electrons. The molecule has 0 aromatic heterocycles. The highest BCUT2D eigenvalue weighted by Crippen LogP contribution is 2.20. The second-order valence-electron chi connectivity index (χ2n) is 2.88. The van der Waals surface area contributed by atoms with Gasteiger partial charge in [0.25, 0.3) is 0 Å². The molecule has 14 heavy (non-hydrogen) atoms. The predicted molar refractivity (Wildman–Crippen MR) is 52.2 cm³/mol. The molecule has 0 radical (unpaired) electrons. The van der Waals surface area contributed by atoms with Crippen molar-refractivity contribution >= 4 is 17.4 Å². The number of ketones is 1. The highest BCUT2D eigenvalue weighted by molar-refractivity contribution is 6.30. The normalized spacial score (nSPS) is 9.93. The molecule has 0 heterocycles. The van der Waals surface area contributed by atoms with Gasteiger partial charge >= 0.3 is 0 Å². The van der Waals surface area contributed by atoms with Gasteiger partial charge in [0.15, 0.2) is 0 Å². The lowest BCUT2D eigenvalue weighted by molar-refractivity contribution is -0.117. The molecule has 0 fully saturated rings. The number of benzene rings is 1. The number of ether oxygens (including phenoxy) is 1. The molecular formula is C10H10ClFO2. The van der Waals surface area contributed by atoms with Gasteiger partial charge in [0.2, 0.25) is 0 Å². The maximum Gasteiger partial charge on any atom is 0.145 e. The van der Waals surface area contributed by atoms with E-state index in [0.717, 1.165) is 0 Å². The van der Waals surface area contributed by atoms with E-state index in [2.05, 4.69) is 0 Å². The topological polar surface area (TPSA) is 26.3 Å². The van der Waals surface area contributed by atoms with Crippen molar-refractivity contribution in [2.75, 3.05) is 6.61 Å². The molecule has 0 aliphatic heterocycles. The fourth-order valence-corrected chi connectivity index (χ4v) is 0.997. The minimum atomic E-state index is -0.521. The second-order valence-corrected chi connectivity index (χ2v) is 3.28. The largest absolute Gasteiger partial charge is 0.493 e. The van der Waals surface area contributed by atoms with Crippen LogP contribution in [0.15, 0.2) is 18.2 Å². The maximum absolute atomic E-state index is 12.9. The summed E-state index contributed by atoms with van der Waals surface area (Å²) in [6.07, 6.45) is 0.324. The lowest BCUT2D eigenvalue weighted by Gasteiger charge is -2.04. The Labute approximate surface area is 86.6 Å². The fourth-order valence-electron chi connectivity index (χ4n) is 0.879. The molecule has 0 amide bonds. The molecular weight excluding hydrogens is 207 g/mol. The van der Waals surface area contributed by atoms with E-state index < -0.39 is 5.82 Å². The summed E-state index contributed by atoms with van der Waals surface area (Å²) in [7, 11) is 0. The average molecular weight is 217 g/mol. The van der Waals surface area contributed by atoms with Crippen molar-refractivity contribution < 1.29 is 13.9 Å². The van der Waals surface area contributed by atoms with Crippen LogP contribution < -0.4 is 4.74 Å². The Hall–Kier alpha value is -1.09. The molecule has 1 rings (SSSR count). The summed E-state index contributed by atoms with van der Waals surface area (Å²) in [4.78, 5) is 10.6. The van der Waals surface area contributed by atoms with E-state index in [-0.39, 0.29) is 17.4 Å². The molecule has 0 aliphatic carbocycles. The minimum absolute atomic E-state index is 0.0411. The van der Waals surface area contributed by atoms with Crippen molar-refractivity contribution in [2.45, 2.75) is 13.3 Å². The van der Waals surface area contributed by atoms with Crippen LogP contribution in [0, 0.1) is 5.82 Å². The molecule has 0 spiro atoms. The van der Waals surface area contributed by atoms with Gasteiger partial charge < -0.3 is 4.74 Å². The van der Waals surface area contributed by atoms with Crippen LogP contribution in [-0.4, -0.2) is 12.4 Å². The van der Waals surface area contributed by atoms with Crippen LogP contribution in [0.4, 0.5) is 4.39 Å². The van der Waals surface area contributed by atoms with E-state index in [1.807, 2.05) is 0 Å². The molecule has 1 aromatic carbocycles. The van der Waals surface area contributed by atoms with Crippen molar-refractivity contribution in [3.8, 4) is 5.75 Å². The van der Waals surface area contributed by atoms with Crippen LogP contribution in [0.3, 0.4) is 0 Å². The van der Waals surface area contributed by atoms with E-state index in [9.17, 15) is 9.18 Å². The number of carbonyl (C=O) groups is 1. The first-order valence-corrected chi connectivity index (χ1v) is 4.54. The quantitative estimate of drug-likeness (QED) is 0.774. The standard InChI is InChI=1S/C10H10ClFO2/c1-7(13)4-5-14-8-2-3-9(11)10(12)6-8/h2-3,6H,4-5H2,1H3. The summed E-state index contributed by atoms with van der Waals surface area (Å²) >= 11 is 5.48. The zero-order valence-corrected chi connectivity index (χ0v) is 8.47. The summed E-state index contributed by atoms with van der Waals surface area (Å²) in [6.45, 7) is 1.74. The van der Waals surface area contributed by atoms with Gasteiger partial charge in [0, 0.05) is 12.5 Å². The molecule has 0 saturated heterocycles. The Morgan fingerprint density at radius 2 is 2.29 bits per heavy atom. The van der Waals surface area contributed by atoms with E-state index in [1.165, 1.54) is 19.1 Å². The lowest BCUT2D eigenvalue weighted by atomic mass is 10.3. The van der Waals surface area contributed by atoms with Gasteiger partial charge in [-0.1, -0.05) is 11.6 Å². The summed E-state index contributed by atoms with van der Waals surface area (Å²) in [5.41, 5.74) is 0. The molecule has 2 nitrogen and oxygen atoms in total. The SMILES string of the molecule is CC(=O)CCOc1ccc(Cl)c(F)c1. The Balaban J connectivity index is 2.51. The lowest BCUT2D eigenvalue weighted by Crippen LogP contribution is -2.02. The Kier molecular flexibility index (Phi) is 3.89. The average Bonchev–Trinajstić information content (AvgIpc) is 2.10. The van der Waals surface area contributed by atoms with Crippen molar-refractivity contribution in [3.63, 3.8) is 0 Å². The summed E-state index contributed by atoms with van der Waals surface area (Å²) in [5.74, 6) is -0.0976. The molecule has 0 N–H and O–H groups in total. The monoisotopic (exact) mass is 216 g/mol. The predicted octanol–water partition coefficient (Wildman–Crippen LogP) is 2.84. The number of hydrogen-bond acceptors (Lipinski definition) is 2. The first kappa shape index (κ1) is 11.0. The van der Waals surface area contributed by atoms with Crippen molar-refractivity contribution in [1.29, 1.82) is 0 Å². The van der Waals surface area contributed by atoms with Gasteiger partial charge in [-0.2, -0.15) is 0 Å². The zero-order valence-electron chi connectivity index (χ0n) is 7.72. The molecule has 0 aliphatic rings. The van der Waals surface area contributed by atoms with Gasteiger partial charge in [-0.3, -0.25) is 4.79 Å². The van der Waals surface area contributed by atoms with E-state index in [4.69, 9.17) is 16.3 Å². The van der Waals surface area contributed by atoms with E-state index >= 15 is 0 Å². The number of Topliss-reactive ketones (excluding diaryl/α,β-unsaturated/α-hetero) is 1. The van der Waals surface area contributed by atoms with Gasteiger partial charge in [-0.25, -0.2) is 4.39 Å². The number of rotatable bonds is 4. The second kappa shape index (κ2) is 4.96. The van der Waals surface area contributed by atoms with Crippen LogP contribution in [0.2, 0.25) is 5.02 Å². The molecule has 0 bridgehead atoms. The first-order valence-electron chi connectivity index (χ1n) is 4.17. The van der Waals surface area contributed by atoms with Gasteiger partial charge in [0.05, 0.1) is 11.6 Å². The Bertz CT molecular complexity index is 339. The molecule has 0 saturated carbocycles. The summed E-state index contributed by atoms with van der Waals surface area (Å²) < 4.78 is 18.0. The number of hydrogen-bond donors (Lipinski definition) is 0. The molecule has 4 heteroatoms. The van der Waals surface area contributed by atoms with Crippen LogP contribution in [0.1, 0.15) is 13.3 Å². The highest BCUT2D eigenvalue weighted by Gasteiger charge is 2.01. The van der Waals surface area contributed by atoms with Gasteiger partial charge in [-0.05, 0) is 19.1 Å². The third kappa shape index (κ3) is 3.34. The Morgan fingerprint density at radius 3 is 2.86 bits per heavy atom. The summed E-state index contributed by atoms with van der Waals surface area (Å²) in [5, 5.41) is 0.0592. The van der Waals surface area contributed by atoms with Crippen LogP contribution >= 0.6 is 11.6 Å². The first-order chi connectivity index (χ1) is 6.59. The Morgan fingerprint density at radius 1 is 1.57 bits per heavy atom. The highest BCUT2D eigenvalue weighted by atomic mass is 35.5. The van der Waals surface area contributed by atoms with E-state index in [0.29, 0.717) is 12.2 Å². The summed E-state index contributed by atoms with van der Waals surface area (Å²) in [6, 6.07) is 4.17. The third-order valence-corrected chi connectivity index (χ3v) is 1.92. The smallest absolute Gasteiger partial charge is 0.145 e. The van der Waals surface area contributed by atoms with Crippen LogP contribution in [0.5, 0.6) is 5.75 Å². The van der Waals surface area contributed by atoms with Crippen molar-refractivity contribution in [2.24, 2.45) is 0 Å². The molecule has 0 unspecified atom stereocenters. The number of carbonyl (C=O) groups excluding carboxylic acids is 1. The van der Waals surface area contributed by atoms with Crippen LogP contribution in [-0.2, 0) is 4.79 Å². The van der Waals surface area contributed by atoms with Gasteiger partial charge in [-0.15, -0.1) is 0 Å². The van der Waals surface area contributed by atoms with Crippen LogP contribution in [0.25, 0.3) is 0 Å². The van der Waals surface area contributed by atoms with Gasteiger partial charge in [0.1, 0.15) is 17.3 Å². The van der Waals surface area contributed by atoms with Crippen molar-refractivity contribution in [1.82, 2.24) is 0 Å². The van der Waals surface area contributed by atoms with Crippen molar-refractivity contribution in [3.05, 3.63) is 29.0 Å². The number of halogens is 2. The minimum Gasteiger partial charge on any atom is -0.493 e.